The first kappa shape index (κ1) is 25.9. The second-order valence-corrected chi connectivity index (χ2v) is 7.89. The van der Waals surface area contributed by atoms with Crippen LogP contribution in [0.25, 0.3) is 0 Å². The van der Waals surface area contributed by atoms with E-state index in [1.54, 1.807) is 0 Å². The van der Waals surface area contributed by atoms with Gasteiger partial charge in [-0.25, -0.2) is 0 Å². The van der Waals surface area contributed by atoms with E-state index in [-0.39, 0.29) is 66.1 Å². The van der Waals surface area contributed by atoms with Gasteiger partial charge in [-0.2, -0.15) is 13.2 Å². The van der Waals surface area contributed by atoms with Gasteiger partial charge in [0, 0.05) is 32.8 Å². The van der Waals surface area contributed by atoms with Crippen LogP contribution >= 0.6 is 24.0 Å². The third kappa shape index (κ3) is 6.56. The second kappa shape index (κ2) is 11.5. The predicted molar refractivity (Wildman–Crippen MR) is 120 cm³/mol. The number of amides is 2. The molecule has 1 heterocycles. The van der Waals surface area contributed by atoms with Crippen molar-refractivity contribution >= 4 is 41.8 Å². The van der Waals surface area contributed by atoms with Crippen LogP contribution in [-0.2, 0) is 14.3 Å². The van der Waals surface area contributed by atoms with Gasteiger partial charge in [0.05, 0.1) is 11.8 Å². The van der Waals surface area contributed by atoms with Gasteiger partial charge in [-0.05, 0) is 38.0 Å². The van der Waals surface area contributed by atoms with Crippen molar-refractivity contribution in [1.82, 2.24) is 15.5 Å². The topological polar surface area (TPSA) is 83.0 Å². The van der Waals surface area contributed by atoms with Crippen LogP contribution < -0.4 is 10.6 Å². The fraction of sp³-hybridized carbons (Fsp3) is 0.750. The van der Waals surface area contributed by atoms with Crippen molar-refractivity contribution in [2.75, 3.05) is 39.4 Å². The normalized spacial score (nSPS) is 27.0. The highest BCUT2D eigenvalue weighted by Gasteiger charge is 2.58. The van der Waals surface area contributed by atoms with Crippen molar-refractivity contribution in [3.63, 3.8) is 0 Å². The maximum Gasteiger partial charge on any atom is 0.411 e. The molecular formula is C20H30F3IN4O3. The summed E-state index contributed by atoms with van der Waals surface area (Å²) >= 11 is 0. The molecule has 31 heavy (non-hydrogen) atoms. The summed E-state index contributed by atoms with van der Waals surface area (Å²) < 4.78 is 40.6. The lowest BCUT2D eigenvalue weighted by molar-refractivity contribution is -0.173. The number of carbonyl (C=O) groups excluding carboxylic acids is 2. The molecule has 176 valence electrons. The number of imide groups is 1. The van der Waals surface area contributed by atoms with Crippen LogP contribution in [0.1, 0.15) is 26.2 Å². The van der Waals surface area contributed by atoms with Crippen molar-refractivity contribution in [2.45, 2.75) is 32.4 Å². The maximum atomic E-state index is 12.6. The Kier molecular flexibility index (Phi) is 9.59. The number of rotatable bonds is 10. The first-order valence-electron chi connectivity index (χ1n) is 10.5. The van der Waals surface area contributed by atoms with Crippen molar-refractivity contribution < 1.29 is 27.5 Å². The van der Waals surface area contributed by atoms with E-state index in [9.17, 15) is 22.8 Å². The van der Waals surface area contributed by atoms with Crippen LogP contribution in [0.5, 0.6) is 0 Å². The summed E-state index contributed by atoms with van der Waals surface area (Å²) in [6, 6.07) is 0. The number of nitrogens with one attached hydrogen (secondary N) is 2. The van der Waals surface area contributed by atoms with Crippen LogP contribution in [0.15, 0.2) is 17.1 Å². The van der Waals surface area contributed by atoms with Crippen LogP contribution in [-0.4, -0.2) is 68.2 Å². The summed E-state index contributed by atoms with van der Waals surface area (Å²) in [7, 11) is 0. The number of likely N-dealkylation sites (tertiary alicyclic amines) is 1. The Hall–Kier alpha value is -1.37. The predicted octanol–water partition coefficient (Wildman–Crippen LogP) is 2.33. The van der Waals surface area contributed by atoms with Crippen molar-refractivity contribution in [3.8, 4) is 0 Å². The fourth-order valence-corrected chi connectivity index (χ4v) is 4.51. The Morgan fingerprint density at radius 1 is 1.16 bits per heavy atom. The maximum absolute atomic E-state index is 12.6. The van der Waals surface area contributed by atoms with Crippen molar-refractivity contribution in [1.29, 1.82) is 0 Å². The molecule has 3 aliphatic rings. The van der Waals surface area contributed by atoms with E-state index in [1.165, 1.54) is 4.90 Å². The molecule has 4 atom stereocenters. The number of hydrogen-bond acceptors (Lipinski definition) is 4. The van der Waals surface area contributed by atoms with E-state index in [2.05, 4.69) is 32.5 Å². The van der Waals surface area contributed by atoms with E-state index in [0.29, 0.717) is 45.0 Å². The first-order chi connectivity index (χ1) is 14.3. The molecule has 0 spiro atoms. The largest absolute Gasteiger partial charge is 0.411 e. The lowest BCUT2D eigenvalue weighted by atomic mass is 9.85. The standard InChI is InChI=1S/C20H29F3N4O3.HI/c1-2-24-19(26-8-4-10-30-12-20(21,22)23)25-7-3-9-27-17(28)15-13-5-6-14(11-13)16(15)18(27)29;/h5-6,13-16H,2-4,7-12H2,1H3,(H2,24,25,26);1H. The zero-order valence-electron chi connectivity index (χ0n) is 17.5. The van der Waals surface area contributed by atoms with Crippen LogP contribution in [0.3, 0.4) is 0 Å². The highest BCUT2D eigenvalue weighted by atomic mass is 127. The van der Waals surface area contributed by atoms with E-state index in [0.717, 1.165) is 6.42 Å². The number of ether oxygens (including phenoxy) is 1. The molecule has 0 aromatic rings. The number of guanidine groups is 1. The average molecular weight is 558 g/mol. The Morgan fingerprint density at radius 3 is 2.39 bits per heavy atom. The van der Waals surface area contributed by atoms with Crippen molar-refractivity contribution in [2.24, 2.45) is 28.7 Å². The molecule has 1 aliphatic heterocycles. The van der Waals surface area contributed by atoms with Gasteiger partial charge in [-0.1, -0.05) is 12.2 Å². The molecule has 2 bridgehead atoms. The zero-order chi connectivity index (χ0) is 21.7. The molecule has 0 aromatic carbocycles. The van der Waals surface area contributed by atoms with Gasteiger partial charge in [0.25, 0.3) is 0 Å². The smallest absolute Gasteiger partial charge is 0.372 e. The van der Waals surface area contributed by atoms with Crippen LogP contribution in [0.2, 0.25) is 0 Å². The van der Waals surface area contributed by atoms with Gasteiger partial charge in [-0.3, -0.25) is 19.5 Å². The molecule has 11 heteroatoms. The number of carbonyl (C=O) groups is 2. The van der Waals surface area contributed by atoms with Gasteiger partial charge >= 0.3 is 6.18 Å². The van der Waals surface area contributed by atoms with Crippen molar-refractivity contribution in [3.05, 3.63) is 12.2 Å². The van der Waals surface area contributed by atoms with Crippen LogP contribution in [0, 0.1) is 23.7 Å². The molecule has 7 nitrogen and oxygen atoms in total. The second-order valence-electron chi connectivity index (χ2n) is 7.89. The van der Waals surface area contributed by atoms with Crippen LogP contribution in [0.4, 0.5) is 13.2 Å². The Labute approximate surface area is 197 Å². The monoisotopic (exact) mass is 558 g/mol. The van der Waals surface area contributed by atoms with E-state index in [1.807, 2.05) is 6.92 Å². The number of halogens is 4. The first-order valence-corrected chi connectivity index (χ1v) is 10.5. The summed E-state index contributed by atoms with van der Waals surface area (Å²) in [4.78, 5) is 31.1. The molecule has 0 aromatic heterocycles. The Bertz CT molecular complexity index is 672. The molecule has 2 aliphatic carbocycles. The molecule has 2 fully saturated rings. The highest BCUT2D eigenvalue weighted by Crippen LogP contribution is 2.52. The molecule has 2 N–H and O–H groups in total. The molecule has 1 saturated carbocycles. The number of nitrogens with zero attached hydrogens (tertiary/aromatic N) is 2. The van der Waals surface area contributed by atoms with Gasteiger partial charge in [-0.15, -0.1) is 24.0 Å². The number of fused-ring (bicyclic) bond motifs is 5. The third-order valence-corrected chi connectivity index (χ3v) is 5.74. The lowest BCUT2D eigenvalue weighted by Gasteiger charge is -2.17. The number of allylic oxidation sites excluding steroid dienone is 2. The minimum Gasteiger partial charge on any atom is -0.372 e. The summed E-state index contributed by atoms with van der Waals surface area (Å²) in [6.45, 7) is 2.52. The van der Waals surface area contributed by atoms with E-state index in [4.69, 9.17) is 0 Å². The van der Waals surface area contributed by atoms with E-state index >= 15 is 0 Å². The molecule has 3 rings (SSSR count). The van der Waals surface area contributed by atoms with Gasteiger partial charge in [0.2, 0.25) is 11.8 Å². The minimum absolute atomic E-state index is 0. The zero-order valence-corrected chi connectivity index (χ0v) is 19.8. The Morgan fingerprint density at radius 2 is 1.81 bits per heavy atom. The SMILES string of the molecule is CCNC(=NCCCN1C(=O)C2C3C=CC(C3)C2C1=O)NCCCOCC(F)(F)F.I. The van der Waals surface area contributed by atoms with Gasteiger partial charge in [0.15, 0.2) is 5.96 Å². The molecule has 1 saturated heterocycles. The summed E-state index contributed by atoms with van der Waals surface area (Å²) in [6.07, 6.45) is 1.74. The fourth-order valence-electron chi connectivity index (χ4n) is 4.51. The Balaban J connectivity index is 0.00000341. The quantitative estimate of drug-likeness (QED) is 0.108. The van der Waals surface area contributed by atoms with E-state index < -0.39 is 12.8 Å². The average Bonchev–Trinajstić information content (AvgIpc) is 3.36. The summed E-state index contributed by atoms with van der Waals surface area (Å²) in [5, 5.41) is 6.10. The third-order valence-electron chi connectivity index (χ3n) is 5.74. The molecular weight excluding hydrogens is 528 g/mol. The number of aliphatic imine (C=N–C) groups is 1. The lowest BCUT2D eigenvalue weighted by Crippen LogP contribution is -2.38. The summed E-state index contributed by atoms with van der Waals surface area (Å²) in [5.41, 5.74) is 0. The summed E-state index contributed by atoms with van der Waals surface area (Å²) in [5.74, 6) is 0.535. The minimum atomic E-state index is -4.31. The van der Waals surface area contributed by atoms with Gasteiger partial charge < -0.3 is 15.4 Å². The number of hydrogen-bond donors (Lipinski definition) is 2. The molecule has 0 radical (unpaired) electrons. The highest BCUT2D eigenvalue weighted by molar-refractivity contribution is 14.0. The van der Waals surface area contributed by atoms with Gasteiger partial charge in [0.1, 0.15) is 6.61 Å². The number of alkyl halides is 3. The molecule has 4 unspecified atom stereocenters. The molecule has 2 amide bonds.